The Balaban J connectivity index is 2.19. The molecular formula is C19H26BrNO2. The summed E-state index contributed by atoms with van der Waals surface area (Å²) in [6, 6.07) is 7.90. The molecule has 1 fully saturated rings. The number of hydrogen-bond acceptors (Lipinski definition) is 2. The number of hydrogen-bond donors (Lipinski definition) is 0. The van der Waals surface area contributed by atoms with Gasteiger partial charge in [0.05, 0.1) is 18.0 Å². The summed E-state index contributed by atoms with van der Waals surface area (Å²) >= 11 is 3.51. The van der Waals surface area contributed by atoms with E-state index in [0.717, 1.165) is 24.2 Å². The van der Waals surface area contributed by atoms with Gasteiger partial charge in [0.15, 0.2) is 0 Å². The van der Waals surface area contributed by atoms with Crippen molar-refractivity contribution in [1.29, 1.82) is 0 Å². The van der Waals surface area contributed by atoms with Gasteiger partial charge < -0.3 is 9.64 Å². The van der Waals surface area contributed by atoms with E-state index in [1.807, 2.05) is 43.0 Å². The van der Waals surface area contributed by atoms with Crippen LogP contribution in [0.1, 0.15) is 51.5 Å². The van der Waals surface area contributed by atoms with Crippen molar-refractivity contribution >= 4 is 21.8 Å². The number of allylic oxidation sites excluding steroid dienone is 1. The smallest absolute Gasteiger partial charge is 0.243 e. The highest BCUT2D eigenvalue weighted by atomic mass is 79.9. The Morgan fingerprint density at radius 1 is 1.22 bits per heavy atom. The molecule has 1 amide bonds. The number of ether oxygens (including phenoxy) is 1. The average Bonchev–Trinajstić information content (AvgIpc) is 2.54. The van der Waals surface area contributed by atoms with Crippen molar-refractivity contribution < 1.29 is 9.53 Å². The number of rotatable bonds is 5. The van der Waals surface area contributed by atoms with Gasteiger partial charge in [-0.2, -0.15) is 0 Å². The van der Waals surface area contributed by atoms with E-state index in [1.165, 1.54) is 24.8 Å². The van der Waals surface area contributed by atoms with Gasteiger partial charge in [0.1, 0.15) is 5.75 Å². The number of alkyl halides is 1. The zero-order valence-electron chi connectivity index (χ0n) is 14.3. The van der Waals surface area contributed by atoms with Gasteiger partial charge in [-0.15, -0.1) is 0 Å². The third-order valence-electron chi connectivity index (χ3n) is 4.12. The Kier molecular flexibility index (Phi) is 6.28. The van der Waals surface area contributed by atoms with Gasteiger partial charge in [0.25, 0.3) is 0 Å². The Labute approximate surface area is 147 Å². The number of nitrogens with zero attached hydrogens (tertiary/aromatic N) is 1. The summed E-state index contributed by atoms with van der Waals surface area (Å²) in [6.07, 6.45) is 8.05. The minimum atomic E-state index is -0.564. The maximum Gasteiger partial charge on any atom is 0.243 e. The van der Waals surface area contributed by atoms with Crippen LogP contribution in [0.5, 0.6) is 5.75 Å². The molecule has 0 heterocycles. The lowest BCUT2D eigenvalue weighted by Crippen LogP contribution is -2.38. The highest BCUT2D eigenvalue weighted by Crippen LogP contribution is 2.26. The van der Waals surface area contributed by atoms with Gasteiger partial charge in [0, 0.05) is 6.20 Å². The maximum absolute atomic E-state index is 12.8. The molecule has 23 heavy (non-hydrogen) atoms. The quantitative estimate of drug-likeness (QED) is 0.670. The van der Waals surface area contributed by atoms with E-state index < -0.39 is 4.32 Å². The second-order valence-corrected chi connectivity index (χ2v) is 8.58. The SMILES string of the molecule is COc1ccc(CN(C=C2CCCCC2)C(=O)C(C)(C)Br)cc1. The third kappa shape index (κ3) is 5.38. The first-order valence-corrected chi connectivity index (χ1v) is 9.02. The Morgan fingerprint density at radius 2 is 1.83 bits per heavy atom. The topological polar surface area (TPSA) is 29.5 Å². The maximum atomic E-state index is 12.8. The van der Waals surface area contributed by atoms with Crippen molar-refractivity contribution in [3.63, 3.8) is 0 Å². The lowest BCUT2D eigenvalue weighted by atomic mass is 9.95. The molecule has 0 atom stereocenters. The molecule has 1 saturated carbocycles. The second-order valence-electron chi connectivity index (χ2n) is 6.60. The highest BCUT2D eigenvalue weighted by molar-refractivity contribution is 9.10. The van der Waals surface area contributed by atoms with E-state index in [0.29, 0.717) is 6.54 Å². The normalized spacial score (nSPS) is 15.2. The number of halogens is 1. The van der Waals surface area contributed by atoms with E-state index >= 15 is 0 Å². The van der Waals surface area contributed by atoms with Gasteiger partial charge in [-0.1, -0.05) is 40.1 Å². The summed E-state index contributed by atoms with van der Waals surface area (Å²) in [6.45, 7) is 4.38. The number of carbonyl (C=O) groups is 1. The first-order valence-electron chi connectivity index (χ1n) is 8.22. The van der Waals surface area contributed by atoms with Gasteiger partial charge in [-0.25, -0.2) is 0 Å². The van der Waals surface area contributed by atoms with Crippen LogP contribution in [0.4, 0.5) is 0 Å². The molecule has 0 unspecified atom stereocenters. The first-order chi connectivity index (χ1) is 10.9. The minimum Gasteiger partial charge on any atom is -0.497 e. The van der Waals surface area contributed by atoms with Crippen molar-refractivity contribution in [3.05, 3.63) is 41.6 Å². The largest absolute Gasteiger partial charge is 0.497 e. The summed E-state index contributed by atoms with van der Waals surface area (Å²) in [5.41, 5.74) is 2.48. The van der Waals surface area contributed by atoms with Gasteiger partial charge >= 0.3 is 0 Å². The summed E-state index contributed by atoms with van der Waals surface area (Å²) in [7, 11) is 1.66. The lowest BCUT2D eigenvalue weighted by Gasteiger charge is -2.27. The molecule has 126 valence electrons. The van der Waals surface area contributed by atoms with Crippen LogP contribution in [0.3, 0.4) is 0 Å². The van der Waals surface area contributed by atoms with Crippen molar-refractivity contribution in [2.45, 2.75) is 56.8 Å². The molecule has 3 nitrogen and oxygen atoms in total. The monoisotopic (exact) mass is 379 g/mol. The van der Waals surface area contributed by atoms with Crippen molar-refractivity contribution in [1.82, 2.24) is 4.90 Å². The Hall–Kier alpha value is -1.29. The molecule has 0 bridgehead atoms. The Morgan fingerprint density at radius 3 is 2.35 bits per heavy atom. The minimum absolute atomic E-state index is 0.0893. The lowest BCUT2D eigenvalue weighted by molar-refractivity contribution is -0.130. The Bertz CT molecular complexity index is 550. The molecule has 1 aliphatic carbocycles. The van der Waals surface area contributed by atoms with E-state index in [4.69, 9.17) is 4.74 Å². The summed E-state index contributed by atoms with van der Waals surface area (Å²) in [4.78, 5) is 14.6. The molecular weight excluding hydrogens is 354 g/mol. The van der Waals surface area contributed by atoms with Crippen LogP contribution in [0, 0.1) is 0 Å². The van der Waals surface area contributed by atoms with Crippen LogP contribution in [0.2, 0.25) is 0 Å². The standard InChI is InChI=1S/C19H26BrNO2/c1-19(2,20)18(22)21(13-15-7-5-4-6-8-15)14-16-9-11-17(23-3)12-10-16/h9-13H,4-8,14H2,1-3H3. The first kappa shape index (κ1) is 18.1. The molecule has 1 aromatic rings. The number of carbonyl (C=O) groups excluding carboxylic acids is 1. The van der Waals surface area contributed by atoms with E-state index in [9.17, 15) is 4.79 Å². The highest BCUT2D eigenvalue weighted by Gasteiger charge is 2.28. The average molecular weight is 380 g/mol. The summed E-state index contributed by atoms with van der Waals surface area (Å²) < 4.78 is 4.63. The predicted molar refractivity (Wildman–Crippen MR) is 97.7 cm³/mol. The molecule has 0 radical (unpaired) electrons. The van der Waals surface area contributed by atoms with E-state index in [2.05, 4.69) is 22.1 Å². The molecule has 2 rings (SSSR count). The number of benzene rings is 1. The third-order valence-corrected chi connectivity index (χ3v) is 4.45. The molecule has 0 aromatic heterocycles. The number of methoxy groups -OCH3 is 1. The molecule has 1 aliphatic rings. The van der Waals surface area contributed by atoms with Crippen molar-refractivity contribution in [2.24, 2.45) is 0 Å². The van der Waals surface area contributed by atoms with E-state index in [1.54, 1.807) is 7.11 Å². The molecule has 0 N–H and O–H groups in total. The number of amides is 1. The fourth-order valence-corrected chi connectivity index (χ4v) is 3.03. The van der Waals surface area contributed by atoms with Gasteiger partial charge in [0.2, 0.25) is 5.91 Å². The summed E-state index contributed by atoms with van der Waals surface area (Å²) in [5, 5.41) is 0. The zero-order valence-corrected chi connectivity index (χ0v) is 15.9. The van der Waals surface area contributed by atoms with Crippen LogP contribution in [0.25, 0.3) is 0 Å². The van der Waals surface area contributed by atoms with Crippen LogP contribution in [-0.4, -0.2) is 22.2 Å². The van der Waals surface area contributed by atoms with Crippen LogP contribution >= 0.6 is 15.9 Å². The van der Waals surface area contributed by atoms with E-state index in [-0.39, 0.29) is 5.91 Å². The predicted octanol–water partition coefficient (Wildman–Crippen LogP) is 5.05. The van der Waals surface area contributed by atoms with Crippen LogP contribution in [-0.2, 0) is 11.3 Å². The zero-order chi connectivity index (χ0) is 16.9. The molecule has 4 heteroatoms. The van der Waals surface area contributed by atoms with Crippen molar-refractivity contribution in [3.8, 4) is 5.75 Å². The van der Waals surface area contributed by atoms with Gasteiger partial charge in [-0.3, -0.25) is 4.79 Å². The van der Waals surface area contributed by atoms with Crippen LogP contribution < -0.4 is 4.74 Å². The second kappa shape index (κ2) is 8.00. The molecule has 0 saturated heterocycles. The van der Waals surface area contributed by atoms with Crippen LogP contribution in [0.15, 0.2) is 36.0 Å². The summed E-state index contributed by atoms with van der Waals surface area (Å²) in [5.74, 6) is 0.921. The fraction of sp³-hybridized carbons (Fsp3) is 0.526. The molecule has 0 spiro atoms. The van der Waals surface area contributed by atoms with Gasteiger partial charge in [-0.05, 0) is 57.2 Å². The van der Waals surface area contributed by atoms with Crippen molar-refractivity contribution in [2.75, 3.05) is 7.11 Å². The molecule has 1 aromatic carbocycles. The molecule has 0 aliphatic heterocycles. The fourth-order valence-electron chi connectivity index (χ4n) is 2.80.